The van der Waals surface area contributed by atoms with Crippen molar-refractivity contribution in [2.24, 2.45) is 0 Å². The van der Waals surface area contributed by atoms with E-state index in [2.05, 4.69) is 98.0 Å². The average molecular weight is 733 g/mol. The smallest absolute Gasteiger partial charge is 0.164 e. The summed E-state index contributed by atoms with van der Waals surface area (Å²) in [5.41, 5.74) is 12.6. The molecule has 2 aromatic carbocycles. The number of fused-ring (bicyclic) bond motifs is 8. The molecule has 10 rings (SSSR count). The highest BCUT2D eigenvalue weighted by Gasteiger charge is 2.32. The third-order valence-electron chi connectivity index (χ3n) is 10.6. The van der Waals surface area contributed by atoms with Crippen LogP contribution < -0.4 is 0 Å². The minimum atomic E-state index is 0.479. The van der Waals surface area contributed by atoms with E-state index >= 15 is 0 Å². The number of aliphatic hydroxyl groups is 1. The van der Waals surface area contributed by atoms with Gasteiger partial charge in [0.1, 0.15) is 34.9 Å². The van der Waals surface area contributed by atoms with Crippen molar-refractivity contribution in [2.45, 2.75) is 92.1 Å². The van der Waals surface area contributed by atoms with Gasteiger partial charge in [-0.2, -0.15) is 0 Å². The van der Waals surface area contributed by atoms with Gasteiger partial charge >= 0.3 is 0 Å². The lowest BCUT2D eigenvalue weighted by Gasteiger charge is -2.27. The summed E-state index contributed by atoms with van der Waals surface area (Å²) >= 11 is 3.68. The van der Waals surface area contributed by atoms with Crippen LogP contribution in [0.4, 0.5) is 0 Å². The van der Waals surface area contributed by atoms with Crippen LogP contribution in [-0.2, 0) is 48.7 Å². The maximum atomic E-state index is 7.00. The monoisotopic (exact) mass is 732 g/mol. The fourth-order valence-corrected chi connectivity index (χ4v) is 10.9. The standard InChI is InChI=1S/C20H21N3OS.C20H19N3OS.CH4O/c2*1-12-19(16-9-5-7-14-6-3-4-8-15(14)16)17-10-24-11-18-22-21-13(2)23(18)20(17)25-12;1-2/h3-4,6,8,16H,5,7,9-11H2,1-2H3;3-4,6,8-9H,5,7,10-11H2,1-2H3;2H,1H3. The first kappa shape index (κ1) is 34.8. The minimum Gasteiger partial charge on any atom is -0.400 e. The van der Waals surface area contributed by atoms with E-state index in [0.717, 1.165) is 43.2 Å². The van der Waals surface area contributed by atoms with Crippen molar-refractivity contribution in [3.05, 3.63) is 132 Å². The second kappa shape index (κ2) is 14.6. The number of ether oxygens (including phenoxy) is 2. The van der Waals surface area contributed by atoms with Gasteiger partial charge in [0.15, 0.2) is 11.6 Å². The molecule has 0 saturated carbocycles. The van der Waals surface area contributed by atoms with Crippen LogP contribution in [0, 0.1) is 27.7 Å². The first-order valence-electron chi connectivity index (χ1n) is 18.0. The van der Waals surface area contributed by atoms with E-state index in [0.29, 0.717) is 32.3 Å². The summed E-state index contributed by atoms with van der Waals surface area (Å²) < 4.78 is 16.3. The molecule has 4 aromatic heterocycles. The second-order valence-electron chi connectivity index (χ2n) is 13.6. The number of hydrogen-bond donors (Lipinski definition) is 1. The van der Waals surface area contributed by atoms with Crippen LogP contribution in [0.15, 0.2) is 54.6 Å². The summed E-state index contributed by atoms with van der Waals surface area (Å²) in [6, 6.07) is 17.7. The first-order chi connectivity index (χ1) is 25.5. The van der Waals surface area contributed by atoms with Crippen LogP contribution in [0.5, 0.6) is 0 Å². The predicted molar refractivity (Wildman–Crippen MR) is 206 cm³/mol. The van der Waals surface area contributed by atoms with Crippen LogP contribution in [0.3, 0.4) is 0 Å². The highest BCUT2D eigenvalue weighted by atomic mass is 32.1. The van der Waals surface area contributed by atoms with E-state index in [9.17, 15) is 0 Å². The Morgan fingerprint density at radius 3 is 2.04 bits per heavy atom. The van der Waals surface area contributed by atoms with Crippen molar-refractivity contribution >= 4 is 28.2 Å². The largest absolute Gasteiger partial charge is 0.400 e. The second-order valence-corrected chi connectivity index (χ2v) is 16.0. The number of aliphatic hydroxyl groups excluding tert-OH is 1. The van der Waals surface area contributed by atoms with Gasteiger partial charge in [0.25, 0.3) is 0 Å². The highest BCUT2D eigenvalue weighted by molar-refractivity contribution is 7.15. The van der Waals surface area contributed by atoms with Gasteiger partial charge in [-0.05, 0) is 93.2 Å². The fraction of sp³-hybridized carbons (Fsp3) is 0.366. The van der Waals surface area contributed by atoms with Gasteiger partial charge in [-0.25, -0.2) is 0 Å². The van der Waals surface area contributed by atoms with Gasteiger partial charge in [0, 0.05) is 39.5 Å². The molecule has 6 aromatic rings. The molecule has 0 saturated heterocycles. The first-order valence-corrected chi connectivity index (χ1v) is 19.6. The molecule has 6 heterocycles. The normalized spacial score (nSPS) is 16.9. The molecule has 9 nitrogen and oxygen atoms in total. The molecule has 2 aliphatic heterocycles. The van der Waals surface area contributed by atoms with Gasteiger partial charge in [-0.1, -0.05) is 54.6 Å². The molecule has 0 fully saturated rings. The summed E-state index contributed by atoms with van der Waals surface area (Å²) in [5, 5.41) is 26.6. The molecule has 2 aliphatic carbocycles. The Bertz CT molecular complexity index is 2290. The van der Waals surface area contributed by atoms with Crippen molar-refractivity contribution in [3.63, 3.8) is 0 Å². The Hall–Kier alpha value is -4.26. The Kier molecular flexibility index (Phi) is 9.80. The third kappa shape index (κ3) is 5.98. The maximum absolute atomic E-state index is 7.00. The SMILES string of the molecule is CO.Cc1sc2c(c1C1=CCCc3ccccc31)COCc1nnc(C)n1-2.Cc1sc2c(c1C1CCCc3ccccc31)COCc1nnc(C)n1-2. The van der Waals surface area contributed by atoms with Gasteiger partial charge in [-0.15, -0.1) is 43.1 Å². The molecule has 0 bridgehead atoms. The van der Waals surface area contributed by atoms with Gasteiger partial charge < -0.3 is 14.6 Å². The quantitative estimate of drug-likeness (QED) is 0.191. The minimum absolute atomic E-state index is 0.479. The van der Waals surface area contributed by atoms with Gasteiger partial charge in [0.2, 0.25) is 0 Å². The summed E-state index contributed by atoms with van der Waals surface area (Å²) in [7, 11) is 1.00. The number of aromatic nitrogens is 6. The molecule has 52 heavy (non-hydrogen) atoms. The molecule has 11 heteroatoms. The van der Waals surface area contributed by atoms with Crippen LogP contribution in [-0.4, -0.2) is 41.7 Å². The molecule has 4 aliphatic rings. The lowest BCUT2D eigenvalue weighted by atomic mass is 9.78. The Labute approximate surface area is 312 Å². The number of thiophene rings is 2. The lowest BCUT2D eigenvalue weighted by molar-refractivity contribution is 0.104. The lowest BCUT2D eigenvalue weighted by Crippen LogP contribution is -2.13. The fourth-order valence-electron chi connectivity index (χ4n) is 8.40. The summed E-state index contributed by atoms with van der Waals surface area (Å²) in [6.45, 7) is 10.8. The van der Waals surface area contributed by atoms with E-state index in [1.165, 1.54) is 89.1 Å². The number of rotatable bonds is 2. The zero-order valence-electron chi connectivity index (χ0n) is 30.4. The molecule has 1 N–H and O–H groups in total. The Morgan fingerprint density at radius 2 is 1.31 bits per heavy atom. The zero-order valence-corrected chi connectivity index (χ0v) is 32.0. The van der Waals surface area contributed by atoms with E-state index in [-0.39, 0.29) is 0 Å². The number of nitrogens with zero attached hydrogens (tertiary/aromatic N) is 6. The predicted octanol–water partition coefficient (Wildman–Crippen LogP) is 8.41. The summed E-state index contributed by atoms with van der Waals surface area (Å²) in [5.74, 6) is 4.15. The molecule has 268 valence electrons. The topological polar surface area (TPSA) is 100 Å². The van der Waals surface area contributed by atoms with Crippen LogP contribution in [0.2, 0.25) is 0 Å². The van der Waals surface area contributed by atoms with E-state index < -0.39 is 0 Å². The van der Waals surface area contributed by atoms with E-state index in [4.69, 9.17) is 14.6 Å². The van der Waals surface area contributed by atoms with Crippen LogP contribution >= 0.6 is 22.7 Å². The average Bonchev–Trinajstić information content (AvgIpc) is 3.84. The molecule has 1 unspecified atom stereocenters. The van der Waals surface area contributed by atoms with Crippen LogP contribution in [0.1, 0.15) is 103 Å². The number of allylic oxidation sites excluding steroid dienone is 1. The molecule has 0 radical (unpaired) electrons. The number of benzene rings is 2. The van der Waals surface area contributed by atoms with Crippen LogP contribution in [0.25, 0.3) is 15.6 Å². The number of hydrogen-bond acceptors (Lipinski definition) is 9. The summed E-state index contributed by atoms with van der Waals surface area (Å²) in [6.07, 6.45) is 8.27. The van der Waals surface area contributed by atoms with Gasteiger partial charge in [-0.3, -0.25) is 9.13 Å². The highest BCUT2D eigenvalue weighted by Crippen LogP contribution is 2.46. The third-order valence-corrected chi connectivity index (χ3v) is 12.9. The Balaban J connectivity index is 0.000000142. The van der Waals surface area contributed by atoms with Gasteiger partial charge in [0.05, 0.1) is 13.2 Å². The van der Waals surface area contributed by atoms with Crippen molar-refractivity contribution in [1.29, 1.82) is 0 Å². The summed E-state index contributed by atoms with van der Waals surface area (Å²) in [4.78, 5) is 2.73. The van der Waals surface area contributed by atoms with E-state index in [1.807, 2.05) is 36.5 Å². The molecule has 0 amide bonds. The van der Waals surface area contributed by atoms with Crippen molar-refractivity contribution < 1.29 is 14.6 Å². The molecular weight excluding hydrogens is 689 g/mol. The van der Waals surface area contributed by atoms with Crippen molar-refractivity contribution in [1.82, 2.24) is 29.5 Å². The zero-order chi connectivity index (χ0) is 35.9. The Morgan fingerprint density at radius 1 is 0.692 bits per heavy atom. The van der Waals surface area contributed by atoms with E-state index in [1.54, 1.807) is 0 Å². The van der Waals surface area contributed by atoms with Crippen molar-refractivity contribution in [3.8, 4) is 10.0 Å². The molecular formula is C41H44N6O3S2. The molecule has 1 atom stereocenters. The van der Waals surface area contributed by atoms with Crippen molar-refractivity contribution in [2.75, 3.05) is 7.11 Å². The maximum Gasteiger partial charge on any atom is 0.164 e. The molecule has 0 spiro atoms. The number of aryl methyl sites for hydroxylation is 6.